The van der Waals surface area contributed by atoms with E-state index in [4.69, 9.17) is 5.73 Å². The van der Waals surface area contributed by atoms with Crippen molar-refractivity contribution in [3.8, 4) is 0 Å². The molecule has 0 saturated heterocycles. The van der Waals surface area contributed by atoms with Crippen molar-refractivity contribution in [3.05, 3.63) is 70.9 Å². The maximum Gasteiger partial charge on any atom is 0.248 e. The minimum Gasteiger partial charge on any atom is -0.366 e. The van der Waals surface area contributed by atoms with Crippen molar-refractivity contribution < 1.29 is 13.2 Å². The van der Waals surface area contributed by atoms with Gasteiger partial charge in [0, 0.05) is 35.8 Å². The van der Waals surface area contributed by atoms with Crippen molar-refractivity contribution in [1.29, 1.82) is 0 Å². The minimum absolute atomic E-state index is 0.0966. The summed E-state index contributed by atoms with van der Waals surface area (Å²) < 4.78 is 27.7. The van der Waals surface area contributed by atoms with Gasteiger partial charge in [-0.1, -0.05) is 18.2 Å². The highest BCUT2D eigenvalue weighted by Gasteiger charge is 2.13. The van der Waals surface area contributed by atoms with E-state index in [1.165, 1.54) is 5.56 Å². The number of amides is 1. The van der Waals surface area contributed by atoms with Crippen molar-refractivity contribution >= 4 is 26.8 Å². The number of benzene rings is 2. The second-order valence-electron chi connectivity index (χ2n) is 7.39. The molecular formula is C21H26N4O3S. The van der Waals surface area contributed by atoms with Gasteiger partial charge >= 0.3 is 0 Å². The Bertz CT molecular complexity index is 1100. The molecule has 8 heteroatoms. The van der Waals surface area contributed by atoms with Crippen LogP contribution in [-0.4, -0.2) is 44.8 Å². The quantitative estimate of drug-likeness (QED) is 0.497. The third kappa shape index (κ3) is 5.66. The first-order valence-electron chi connectivity index (χ1n) is 9.33. The smallest absolute Gasteiger partial charge is 0.248 e. The van der Waals surface area contributed by atoms with E-state index in [0.29, 0.717) is 5.56 Å². The Morgan fingerprint density at radius 3 is 2.45 bits per heavy atom. The van der Waals surface area contributed by atoms with Crippen LogP contribution in [0.3, 0.4) is 0 Å². The van der Waals surface area contributed by atoms with E-state index in [2.05, 4.69) is 14.6 Å². The molecule has 0 aliphatic carbocycles. The average molecular weight is 415 g/mol. The number of nitrogens with one attached hydrogen (secondary N) is 2. The van der Waals surface area contributed by atoms with Gasteiger partial charge in [-0.2, -0.15) is 0 Å². The van der Waals surface area contributed by atoms with Gasteiger partial charge in [0.05, 0.1) is 5.75 Å². The van der Waals surface area contributed by atoms with Crippen LogP contribution in [0.4, 0.5) is 0 Å². The van der Waals surface area contributed by atoms with Crippen LogP contribution in [0.1, 0.15) is 27.0 Å². The fourth-order valence-corrected chi connectivity index (χ4v) is 4.22. The van der Waals surface area contributed by atoms with Crippen LogP contribution in [0, 0.1) is 0 Å². The van der Waals surface area contributed by atoms with Crippen molar-refractivity contribution in [2.45, 2.75) is 18.7 Å². The van der Waals surface area contributed by atoms with Crippen LogP contribution in [-0.2, 0) is 28.7 Å². The number of fused-ring (bicyclic) bond motifs is 1. The molecule has 0 radical (unpaired) electrons. The van der Waals surface area contributed by atoms with Gasteiger partial charge in [-0.15, -0.1) is 0 Å². The van der Waals surface area contributed by atoms with Crippen LogP contribution in [0.5, 0.6) is 0 Å². The molecule has 29 heavy (non-hydrogen) atoms. The Kier molecular flexibility index (Phi) is 6.36. The normalized spacial score (nSPS) is 12.0. The number of likely N-dealkylation sites (N-methyl/N-ethyl adjacent to an activating group) is 1. The number of nitrogens with zero attached hydrogens (tertiary/aromatic N) is 1. The summed E-state index contributed by atoms with van der Waals surface area (Å²) in [5.74, 6) is -0.608. The van der Waals surface area contributed by atoms with E-state index < -0.39 is 15.9 Å². The first-order valence-corrected chi connectivity index (χ1v) is 11.0. The highest BCUT2D eigenvalue weighted by Crippen LogP contribution is 2.21. The lowest BCUT2D eigenvalue weighted by Gasteiger charge is -2.09. The molecule has 1 heterocycles. The van der Waals surface area contributed by atoms with Gasteiger partial charge in [-0.3, -0.25) is 4.79 Å². The van der Waals surface area contributed by atoms with Gasteiger partial charge in [0.1, 0.15) is 0 Å². The molecule has 3 rings (SSSR count). The summed E-state index contributed by atoms with van der Waals surface area (Å²) in [6.45, 7) is 1.08. The highest BCUT2D eigenvalue weighted by molar-refractivity contribution is 7.88. The standard InChI is InChI=1S/C21H26N4O3S/c1-25(2)10-9-18-13-23-20-8-5-16(11-19(18)20)14-29(27,28)24-12-15-3-6-17(7-4-15)21(22)26/h3-8,11,13,23-24H,9-10,12,14H2,1-2H3,(H2,22,26). The first kappa shape index (κ1) is 21.0. The van der Waals surface area contributed by atoms with Gasteiger partial charge in [-0.25, -0.2) is 13.1 Å². The van der Waals surface area contributed by atoms with Crippen LogP contribution in [0.2, 0.25) is 0 Å². The van der Waals surface area contributed by atoms with Crippen LogP contribution in [0.15, 0.2) is 48.7 Å². The lowest BCUT2D eigenvalue weighted by Crippen LogP contribution is -2.24. The van der Waals surface area contributed by atoms with Crippen molar-refractivity contribution in [1.82, 2.24) is 14.6 Å². The lowest BCUT2D eigenvalue weighted by molar-refractivity contribution is 0.1000. The summed E-state index contributed by atoms with van der Waals surface area (Å²) in [6, 6.07) is 12.2. The molecule has 154 valence electrons. The largest absolute Gasteiger partial charge is 0.366 e. The minimum atomic E-state index is -3.51. The Labute approximate surface area is 171 Å². The molecule has 4 N–H and O–H groups in total. The zero-order chi connectivity index (χ0) is 21.0. The van der Waals surface area contributed by atoms with Crippen molar-refractivity contribution in [2.24, 2.45) is 5.73 Å². The van der Waals surface area contributed by atoms with Crippen LogP contribution >= 0.6 is 0 Å². The molecule has 0 spiro atoms. The molecule has 1 aromatic heterocycles. The maximum absolute atomic E-state index is 12.5. The summed E-state index contributed by atoms with van der Waals surface area (Å²) in [6.07, 6.45) is 2.88. The van der Waals surface area contributed by atoms with Gasteiger partial charge in [0.25, 0.3) is 0 Å². The molecule has 0 unspecified atom stereocenters. The summed E-state index contributed by atoms with van der Waals surface area (Å²) in [4.78, 5) is 16.5. The summed E-state index contributed by atoms with van der Waals surface area (Å²) in [5.41, 5.74) is 9.27. The average Bonchev–Trinajstić information content (AvgIpc) is 3.07. The molecule has 0 atom stereocenters. The molecule has 2 aromatic carbocycles. The lowest BCUT2D eigenvalue weighted by atomic mass is 10.1. The van der Waals surface area contributed by atoms with E-state index in [9.17, 15) is 13.2 Å². The Balaban J connectivity index is 1.68. The SMILES string of the molecule is CN(C)CCc1c[nH]c2ccc(CS(=O)(=O)NCc3ccc(C(N)=O)cc3)cc12. The molecule has 1 amide bonds. The zero-order valence-electron chi connectivity index (χ0n) is 16.6. The Hall–Kier alpha value is -2.68. The number of carbonyl (C=O) groups is 1. The number of rotatable bonds is 9. The molecule has 0 aliphatic rings. The molecule has 0 saturated carbocycles. The number of primary amides is 1. The fourth-order valence-electron chi connectivity index (χ4n) is 3.12. The predicted molar refractivity (Wildman–Crippen MR) is 115 cm³/mol. The van der Waals surface area contributed by atoms with Gasteiger partial charge in [0.2, 0.25) is 15.9 Å². The number of H-pyrrole nitrogens is 1. The number of aromatic amines is 1. The Morgan fingerprint density at radius 1 is 1.10 bits per heavy atom. The fraction of sp³-hybridized carbons (Fsp3) is 0.286. The van der Waals surface area contributed by atoms with E-state index in [1.807, 2.05) is 38.5 Å². The number of hydrogen-bond acceptors (Lipinski definition) is 4. The van der Waals surface area contributed by atoms with E-state index in [1.54, 1.807) is 24.3 Å². The van der Waals surface area contributed by atoms with Crippen LogP contribution < -0.4 is 10.5 Å². The number of sulfonamides is 1. The third-order valence-electron chi connectivity index (χ3n) is 4.75. The van der Waals surface area contributed by atoms with E-state index in [0.717, 1.165) is 35.0 Å². The number of carbonyl (C=O) groups excluding carboxylic acids is 1. The second kappa shape index (κ2) is 8.77. The summed E-state index contributed by atoms with van der Waals surface area (Å²) in [7, 11) is 0.546. The molecular weight excluding hydrogens is 388 g/mol. The monoisotopic (exact) mass is 414 g/mol. The van der Waals surface area contributed by atoms with Crippen molar-refractivity contribution in [2.75, 3.05) is 20.6 Å². The molecule has 7 nitrogen and oxygen atoms in total. The second-order valence-corrected chi connectivity index (χ2v) is 9.20. The molecule has 0 bridgehead atoms. The van der Waals surface area contributed by atoms with Gasteiger partial charge in [-0.05, 0) is 61.5 Å². The molecule has 0 aliphatic heterocycles. The first-order chi connectivity index (χ1) is 13.7. The number of hydrogen-bond donors (Lipinski definition) is 3. The maximum atomic E-state index is 12.5. The number of aromatic nitrogens is 1. The molecule has 0 fully saturated rings. The van der Waals surface area contributed by atoms with Crippen molar-refractivity contribution in [3.63, 3.8) is 0 Å². The predicted octanol–water partition coefficient (Wildman–Crippen LogP) is 1.99. The summed E-state index contributed by atoms with van der Waals surface area (Å²) >= 11 is 0. The van der Waals surface area contributed by atoms with Gasteiger partial charge < -0.3 is 15.6 Å². The zero-order valence-corrected chi connectivity index (χ0v) is 17.4. The van der Waals surface area contributed by atoms with Gasteiger partial charge in [0.15, 0.2) is 0 Å². The highest BCUT2D eigenvalue weighted by atomic mass is 32.2. The topological polar surface area (TPSA) is 108 Å². The third-order valence-corrected chi connectivity index (χ3v) is 6.05. The summed E-state index contributed by atoms with van der Waals surface area (Å²) in [5, 5.41) is 1.06. The molecule has 3 aromatic rings. The van der Waals surface area contributed by atoms with Crippen LogP contribution in [0.25, 0.3) is 10.9 Å². The Morgan fingerprint density at radius 2 is 1.79 bits per heavy atom. The van der Waals surface area contributed by atoms with E-state index in [-0.39, 0.29) is 12.3 Å². The number of nitrogens with two attached hydrogens (primary N) is 1. The van der Waals surface area contributed by atoms with E-state index >= 15 is 0 Å².